The van der Waals surface area contributed by atoms with Gasteiger partial charge in [-0.2, -0.15) is 0 Å². The van der Waals surface area contributed by atoms with Gasteiger partial charge in [0.25, 0.3) is 0 Å². The molecule has 0 heterocycles. The van der Waals surface area contributed by atoms with Crippen molar-refractivity contribution in [1.29, 1.82) is 0 Å². The fourth-order valence-electron chi connectivity index (χ4n) is 3.48. The van der Waals surface area contributed by atoms with Crippen LogP contribution in [0.5, 0.6) is 0 Å². The van der Waals surface area contributed by atoms with E-state index in [1.54, 1.807) is 12.1 Å². The van der Waals surface area contributed by atoms with Crippen LogP contribution in [-0.4, -0.2) is 5.11 Å². The zero-order valence-electron chi connectivity index (χ0n) is 11.3. The summed E-state index contributed by atoms with van der Waals surface area (Å²) in [6, 6.07) is 6.33. The molecule has 0 amide bonds. The number of aliphatic hydroxyl groups excluding tert-OH is 1. The van der Waals surface area contributed by atoms with Crippen molar-refractivity contribution >= 4 is 0 Å². The summed E-state index contributed by atoms with van der Waals surface area (Å²) >= 11 is 0. The Hall–Kier alpha value is -0.890. The molecule has 1 nitrogen and oxygen atoms in total. The van der Waals surface area contributed by atoms with Gasteiger partial charge in [-0.05, 0) is 42.9 Å². The molecule has 0 aromatic heterocycles. The van der Waals surface area contributed by atoms with Gasteiger partial charge in [0.15, 0.2) is 0 Å². The Morgan fingerprint density at radius 2 is 1.72 bits per heavy atom. The molecule has 1 aromatic rings. The van der Waals surface area contributed by atoms with Crippen LogP contribution in [0.3, 0.4) is 0 Å². The molecule has 2 heteroatoms. The Morgan fingerprint density at radius 1 is 1.17 bits per heavy atom. The first-order valence-electron chi connectivity index (χ1n) is 6.97. The average Bonchev–Trinajstić information content (AvgIpc) is 2.78. The summed E-state index contributed by atoms with van der Waals surface area (Å²) in [5.41, 5.74) is 0.866. The first-order chi connectivity index (χ1) is 8.53. The SMILES string of the molecule is CC(C)CC1(C(O)c2ccc(F)cc2)CCCC1. The van der Waals surface area contributed by atoms with Crippen LogP contribution in [0.2, 0.25) is 0 Å². The lowest BCUT2D eigenvalue weighted by Crippen LogP contribution is -2.27. The molecule has 2 rings (SSSR count). The van der Waals surface area contributed by atoms with Gasteiger partial charge in [-0.3, -0.25) is 0 Å². The predicted octanol–water partition coefficient (Wildman–Crippen LogP) is 4.47. The van der Waals surface area contributed by atoms with E-state index in [0.29, 0.717) is 5.92 Å². The van der Waals surface area contributed by atoms with Crippen molar-refractivity contribution in [3.8, 4) is 0 Å². The van der Waals surface area contributed by atoms with Crippen LogP contribution in [0.4, 0.5) is 4.39 Å². The molecule has 1 atom stereocenters. The van der Waals surface area contributed by atoms with Gasteiger partial charge in [0.1, 0.15) is 5.82 Å². The maximum absolute atomic E-state index is 13.0. The molecule has 0 radical (unpaired) electrons. The van der Waals surface area contributed by atoms with Gasteiger partial charge < -0.3 is 5.11 Å². The fraction of sp³-hybridized carbons (Fsp3) is 0.625. The van der Waals surface area contributed by atoms with E-state index in [9.17, 15) is 9.50 Å². The van der Waals surface area contributed by atoms with Crippen LogP contribution in [0.25, 0.3) is 0 Å². The third-order valence-electron chi connectivity index (χ3n) is 4.18. The van der Waals surface area contributed by atoms with Gasteiger partial charge in [0, 0.05) is 5.41 Å². The Bertz CT molecular complexity index is 377. The van der Waals surface area contributed by atoms with Crippen molar-refractivity contribution in [2.24, 2.45) is 11.3 Å². The molecule has 0 saturated heterocycles. The summed E-state index contributed by atoms with van der Waals surface area (Å²) in [5.74, 6) is 0.341. The van der Waals surface area contributed by atoms with Gasteiger partial charge >= 0.3 is 0 Å². The second kappa shape index (κ2) is 5.40. The minimum atomic E-state index is -0.456. The second-order valence-corrected chi connectivity index (χ2v) is 6.12. The minimum absolute atomic E-state index is 0.00595. The van der Waals surface area contributed by atoms with Crippen LogP contribution in [0.1, 0.15) is 57.6 Å². The summed E-state index contributed by atoms with van der Waals surface area (Å²) in [7, 11) is 0. The van der Waals surface area contributed by atoms with Crippen molar-refractivity contribution in [2.45, 2.75) is 52.1 Å². The van der Waals surface area contributed by atoms with Crippen LogP contribution in [0.15, 0.2) is 24.3 Å². The molecule has 1 fully saturated rings. The Labute approximate surface area is 109 Å². The van der Waals surface area contributed by atoms with E-state index in [0.717, 1.165) is 24.8 Å². The molecule has 1 N–H and O–H groups in total. The van der Waals surface area contributed by atoms with Crippen molar-refractivity contribution in [3.63, 3.8) is 0 Å². The first-order valence-corrected chi connectivity index (χ1v) is 6.97. The zero-order valence-corrected chi connectivity index (χ0v) is 11.3. The highest BCUT2D eigenvalue weighted by molar-refractivity contribution is 5.21. The molecule has 0 spiro atoms. The average molecular weight is 250 g/mol. The van der Waals surface area contributed by atoms with Gasteiger partial charge in [-0.15, -0.1) is 0 Å². The third kappa shape index (κ3) is 2.74. The maximum atomic E-state index is 13.0. The highest BCUT2D eigenvalue weighted by atomic mass is 19.1. The molecule has 1 aliphatic rings. The fourth-order valence-corrected chi connectivity index (χ4v) is 3.48. The molecule has 1 aliphatic carbocycles. The van der Waals surface area contributed by atoms with E-state index in [-0.39, 0.29) is 11.2 Å². The molecule has 1 aromatic carbocycles. The number of aliphatic hydroxyl groups is 1. The Kier molecular flexibility index (Phi) is 4.06. The molecule has 1 unspecified atom stereocenters. The molecule has 18 heavy (non-hydrogen) atoms. The van der Waals surface area contributed by atoms with Crippen LogP contribution in [-0.2, 0) is 0 Å². The van der Waals surface area contributed by atoms with E-state index in [1.165, 1.54) is 25.0 Å². The van der Waals surface area contributed by atoms with Crippen LogP contribution < -0.4 is 0 Å². The Balaban J connectivity index is 2.22. The number of hydrogen-bond acceptors (Lipinski definition) is 1. The van der Waals surface area contributed by atoms with Crippen molar-refractivity contribution in [2.75, 3.05) is 0 Å². The summed E-state index contributed by atoms with van der Waals surface area (Å²) in [6.07, 6.45) is 5.16. The molecule has 0 bridgehead atoms. The van der Waals surface area contributed by atoms with Gasteiger partial charge in [-0.25, -0.2) is 4.39 Å². The summed E-state index contributed by atoms with van der Waals surface area (Å²) in [6.45, 7) is 4.41. The standard InChI is InChI=1S/C16H23FO/c1-12(2)11-16(9-3-4-10-16)15(18)13-5-7-14(17)8-6-13/h5-8,12,15,18H,3-4,9-11H2,1-2H3. The topological polar surface area (TPSA) is 20.2 Å². The summed E-state index contributed by atoms with van der Waals surface area (Å²) in [4.78, 5) is 0. The summed E-state index contributed by atoms with van der Waals surface area (Å²) in [5, 5.41) is 10.7. The smallest absolute Gasteiger partial charge is 0.123 e. The number of halogens is 1. The van der Waals surface area contributed by atoms with Gasteiger partial charge in [0.2, 0.25) is 0 Å². The van der Waals surface area contributed by atoms with Crippen molar-refractivity contribution in [1.82, 2.24) is 0 Å². The minimum Gasteiger partial charge on any atom is -0.388 e. The lowest BCUT2D eigenvalue weighted by Gasteiger charge is -2.36. The van der Waals surface area contributed by atoms with E-state index in [1.807, 2.05) is 0 Å². The van der Waals surface area contributed by atoms with Crippen molar-refractivity contribution in [3.05, 3.63) is 35.6 Å². The third-order valence-corrected chi connectivity index (χ3v) is 4.18. The number of rotatable bonds is 4. The maximum Gasteiger partial charge on any atom is 0.123 e. The Morgan fingerprint density at radius 3 is 2.22 bits per heavy atom. The second-order valence-electron chi connectivity index (χ2n) is 6.12. The first kappa shape index (κ1) is 13.5. The highest BCUT2D eigenvalue weighted by Gasteiger charge is 2.41. The monoisotopic (exact) mass is 250 g/mol. The largest absolute Gasteiger partial charge is 0.388 e. The van der Waals surface area contributed by atoms with Crippen molar-refractivity contribution < 1.29 is 9.50 Å². The van der Waals surface area contributed by atoms with Gasteiger partial charge in [0.05, 0.1) is 6.10 Å². The van der Waals surface area contributed by atoms with Crippen LogP contribution >= 0.6 is 0 Å². The number of hydrogen-bond donors (Lipinski definition) is 1. The van der Waals surface area contributed by atoms with E-state index in [4.69, 9.17) is 0 Å². The lowest BCUT2D eigenvalue weighted by atomic mass is 9.72. The number of benzene rings is 1. The zero-order chi connectivity index (χ0) is 13.2. The van der Waals surface area contributed by atoms with Crippen LogP contribution in [0, 0.1) is 17.2 Å². The predicted molar refractivity (Wildman–Crippen MR) is 71.7 cm³/mol. The van der Waals surface area contributed by atoms with E-state index >= 15 is 0 Å². The molecule has 1 saturated carbocycles. The van der Waals surface area contributed by atoms with E-state index in [2.05, 4.69) is 13.8 Å². The molecule has 100 valence electrons. The molecular formula is C16H23FO. The van der Waals surface area contributed by atoms with E-state index < -0.39 is 6.10 Å². The lowest BCUT2D eigenvalue weighted by molar-refractivity contribution is 0.0111. The highest BCUT2D eigenvalue weighted by Crippen LogP contribution is 2.51. The normalized spacial score (nSPS) is 20.3. The van der Waals surface area contributed by atoms with Gasteiger partial charge in [-0.1, -0.05) is 38.8 Å². The molecular weight excluding hydrogens is 227 g/mol. The summed E-state index contributed by atoms with van der Waals surface area (Å²) < 4.78 is 13.0. The molecule has 0 aliphatic heterocycles. The quantitative estimate of drug-likeness (QED) is 0.836.